The molecular weight excluding hydrogens is 209 g/mol. The first-order valence-electron chi connectivity index (χ1n) is 3.81. The zero-order valence-corrected chi connectivity index (χ0v) is 8.15. The normalized spacial score (nSPS) is 13.7. The van der Waals surface area contributed by atoms with Crippen molar-refractivity contribution >= 4 is 35.0 Å². The number of rotatable bonds is 0. The summed E-state index contributed by atoms with van der Waals surface area (Å²) in [5.74, 6) is 0.0606. The zero-order valence-electron chi connectivity index (χ0n) is 6.64. The number of benzene rings is 1. The fraction of sp³-hybridized carbons (Fsp3) is 0.111. The third-order valence-electron chi connectivity index (χ3n) is 1.92. The number of anilines is 1. The first kappa shape index (κ1) is 8.73. The summed E-state index contributed by atoms with van der Waals surface area (Å²) in [6.45, 7) is 0.678. The van der Waals surface area contributed by atoms with Crippen LogP contribution in [0, 0.1) is 0 Å². The first-order chi connectivity index (χ1) is 6.20. The number of halogens is 2. The lowest BCUT2D eigenvalue weighted by Gasteiger charge is -2.16. The van der Waals surface area contributed by atoms with Gasteiger partial charge >= 0.3 is 0 Å². The van der Waals surface area contributed by atoms with Gasteiger partial charge in [0, 0.05) is 12.1 Å². The summed E-state index contributed by atoms with van der Waals surface area (Å²) in [5.41, 5.74) is 1.40. The third-order valence-corrected chi connectivity index (χ3v) is 2.53. The Balaban J connectivity index is 2.71. The van der Waals surface area contributed by atoms with E-state index in [4.69, 9.17) is 23.2 Å². The molecule has 0 saturated heterocycles. The first-order valence-corrected chi connectivity index (χ1v) is 4.57. The van der Waals surface area contributed by atoms with Gasteiger partial charge in [-0.3, -0.25) is 0 Å². The molecule has 0 aromatic heterocycles. The molecule has 0 bridgehead atoms. The highest BCUT2D eigenvalue weighted by atomic mass is 35.5. The molecule has 1 heterocycles. The minimum Gasteiger partial charge on any atom is -0.504 e. The molecule has 4 heteroatoms. The molecule has 0 saturated carbocycles. The number of phenolic OH excluding ortho intramolecular Hbond substituents is 1. The van der Waals surface area contributed by atoms with Gasteiger partial charge in [-0.15, -0.1) is 0 Å². The molecule has 1 aliphatic heterocycles. The van der Waals surface area contributed by atoms with E-state index < -0.39 is 0 Å². The average molecular weight is 216 g/mol. The van der Waals surface area contributed by atoms with Crippen LogP contribution in [-0.2, 0) is 0 Å². The largest absolute Gasteiger partial charge is 0.504 e. The van der Waals surface area contributed by atoms with Crippen molar-refractivity contribution in [2.24, 2.45) is 0 Å². The van der Waals surface area contributed by atoms with Gasteiger partial charge in [-0.1, -0.05) is 35.4 Å². The predicted octanol–water partition coefficient (Wildman–Crippen LogP) is 3.14. The lowest BCUT2D eigenvalue weighted by molar-refractivity contribution is 0.477. The number of aromatic hydroxyl groups is 1. The van der Waals surface area contributed by atoms with Crippen LogP contribution in [0.1, 0.15) is 5.56 Å². The second kappa shape index (κ2) is 3.13. The van der Waals surface area contributed by atoms with Crippen LogP contribution in [0.5, 0.6) is 5.75 Å². The van der Waals surface area contributed by atoms with Crippen LogP contribution in [-0.4, -0.2) is 11.7 Å². The van der Waals surface area contributed by atoms with Gasteiger partial charge in [0.15, 0.2) is 5.75 Å². The number of hydrogen-bond acceptors (Lipinski definition) is 2. The molecule has 0 atom stereocenters. The highest BCUT2D eigenvalue weighted by Gasteiger charge is 2.15. The van der Waals surface area contributed by atoms with E-state index in [1.165, 1.54) is 6.07 Å². The molecule has 0 radical (unpaired) electrons. The van der Waals surface area contributed by atoms with E-state index in [1.807, 2.05) is 12.2 Å². The standard InChI is InChI=1S/C9H7Cl2NO/c10-6-4-7(11)9(13)8-5(6)2-1-3-12-8/h1-2,4,12-13H,3H2. The molecular formula is C9H7Cl2NO. The van der Waals surface area contributed by atoms with Gasteiger partial charge in [-0.25, -0.2) is 0 Å². The topological polar surface area (TPSA) is 32.3 Å². The highest BCUT2D eigenvalue weighted by molar-refractivity contribution is 6.37. The second-order valence-corrected chi connectivity index (χ2v) is 3.58. The van der Waals surface area contributed by atoms with Gasteiger partial charge in [-0.2, -0.15) is 0 Å². The number of fused-ring (bicyclic) bond motifs is 1. The van der Waals surface area contributed by atoms with Crippen molar-refractivity contribution in [3.8, 4) is 5.75 Å². The Bertz CT molecular complexity index is 388. The van der Waals surface area contributed by atoms with Gasteiger partial charge in [0.1, 0.15) is 0 Å². The Kier molecular flexibility index (Phi) is 2.10. The molecule has 0 fully saturated rings. The molecule has 0 spiro atoms. The third kappa shape index (κ3) is 1.36. The number of nitrogens with one attached hydrogen (secondary N) is 1. The lowest BCUT2D eigenvalue weighted by Crippen LogP contribution is -2.05. The van der Waals surface area contributed by atoms with Crippen molar-refractivity contribution < 1.29 is 5.11 Å². The molecule has 0 aliphatic carbocycles. The second-order valence-electron chi connectivity index (χ2n) is 2.76. The van der Waals surface area contributed by atoms with E-state index in [9.17, 15) is 5.11 Å². The molecule has 1 aromatic carbocycles. The summed E-state index contributed by atoms with van der Waals surface area (Å²) >= 11 is 11.7. The van der Waals surface area contributed by atoms with E-state index in [2.05, 4.69) is 5.32 Å². The Morgan fingerprint density at radius 2 is 2.08 bits per heavy atom. The van der Waals surface area contributed by atoms with Gasteiger partial charge in [0.2, 0.25) is 0 Å². The Hall–Kier alpha value is -0.860. The van der Waals surface area contributed by atoms with E-state index in [0.717, 1.165) is 5.56 Å². The zero-order chi connectivity index (χ0) is 9.42. The van der Waals surface area contributed by atoms with Gasteiger partial charge < -0.3 is 10.4 Å². The smallest absolute Gasteiger partial charge is 0.158 e. The average Bonchev–Trinajstić information content (AvgIpc) is 2.15. The van der Waals surface area contributed by atoms with Crippen molar-refractivity contribution in [2.45, 2.75) is 0 Å². The Labute approximate surface area is 85.8 Å². The minimum atomic E-state index is 0.0606. The lowest BCUT2D eigenvalue weighted by atomic mass is 10.1. The van der Waals surface area contributed by atoms with Crippen LogP contribution in [0.3, 0.4) is 0 Å². The SMILES string of the molecule is Oc1c(Cl)cc(Cl)c2c1NCC=C2. The van der Waals surface area contributed by atoms with Crippen LogP contribution in [0.25, 0.3) is 6.08 Å². The van der Waals surface area contributed by atoms with Crippen molar-refractivity contribution in [2.75, 3.05) is 11.9 Å². The van der Waals surface area contributed by atoms with Crippen molar-refractivity contribution in [1.29, 1.82) is 0 Å². The number of hydrogen-bond donors (Lipinski definition) is 2. The molecule has 1 aliphatic rings. The van der Waals surface area contributed by atoms with E-state index >= 15 is 0 Å². The highest BCUT2D eigenvalue weighted by Crippen LogP contribution is 2.41. The fourth-order valence-corrected chi connectivity index (χ4v) is 1.83. The molecule has 2 rings (SSSR count). The molecule has 13 heavy (non-hydrogen) atoms. The minimum absolute atomic E-state index is 0.0606. The van der Waals surface area contributed by atoms with Gasteiger partial charge in [-0.05, 0) is 6.07 Å². The summed E-state index contributed by atoms with van der Waals surface area (Å²) < 4.78 is 0. The monoisotopic (exact) mass is 215 g/mol. The Morgan fingerprint density at radius 3 is 2.85 bits per heavy atom. The summed E-state index contributed by atoms with van der Waals surface area (Å²) in [6, 6.07) is 1.54. The van der Waals surface area contributed by atoms with Crippen LogP contribution in [0.4, 0.5) is 5.69 Å². The van der Waals surface area contributed by atoms with Crippen molar-refractivity contribution in [3.63, 3.8) is 0 Å². The van der Waals surface area contributed by atoms with Gasteiger partial charge in [0.25, 0.3) is 0 Å². The van der Waals surface area contributed by atoms with Crippen LogP contribution >= 0.6 is 23.2 Å². The molecule has 1 aromatic rings. The Morgan fingerprint density at radius 1 is 1.31 bits per heavy atom. The molecule has 68 valence electrons. The maximum atomic E-state index is 9.58. The van der Waals surface area contributed by atoms with Crippen LogP contribution < -0.4 is 5.32 Å². The van der Waals surface area contributed by atoms with E-state index in [-0.39, 0.29) is 10.8 Å². The van der Waals surface area contributed by atoms with E-state index in [0.29, 0.717) is 17.3 Å². The molecule has 2 nitrogen and oxygen atoms in total. The summed E-state index contributed by atoms with van der Waals surface area (Å²) in [5, 5.41) is 13.4. The summed E-state index contributed by atoms with van der Waals surface area (Å²) in [7, 11) is 0. The van der Waals surface area contributed by atoms with Crippen LogP contribution in [0.2, 0.25) is 10.0 Å². The number of phenols is 1. The molecule has 0 unspecified atom stereocenters. The van der Waals surface area contributed by atoms with Crippen molar-refractivity contribution in [1.82, 2.24) is 0 Å². The van der Waals surface area contributed by atoms with Gasteiger partial charge in [0.05, 0.1) is 15.7 Å². The summed E-state index contributed by atoms with van der Waals surface area (Å²) in [6.07, 6.45) is 3.80. The maximum Gasteiger partial charge on any atom is 0.158 e. The molecule has 0 amide bonds. The van der Waals surface area contributed by atoms with Crippen LogP contribution in [0.15, 0.2) is 12.1 Å². The summed E-state index contributed by atoms with van der Waals surface area (Å²) in [4.78, 5) is 0. The maximum absolute atomic E-state index is 9.58. The predicted molar refractivity (Wildman–Crippen MR) is 55.7 cm³/mol. The van der Waals surface area contributed by atoms with Crippen molar-refractivity contribution in [3.05, 3.63) is 27.8 Å². The fourth-order valence-electron chi connectivity index (χ4n) is 1.30. The molecule has 2 N–H and O–H groups in total. The quantitative estimate of drug-likeness (QED) is 0.653. The van der Waals surface area contributed by atoms with E-state index in [1.54, 1.807) is 0 Å².